The second-order valence-electron chi connectivity index (χ2n) is 4.74. The van der Waals surface area contributed by atoms with Gasteiger partial charge in [0, 0.05) is 6.54 Å². The SMILES string of the molecule is NC(=O)C1CCCN1c1ccc2nnc(C(F)(F)F)n2n1. The maximum Gasteiger partial charge on any atom is 0.453 e. The highest BCUT2D eigenvalue weighted by Gasteiger charge is 2.38. The lowest BCUT2D eigenvalue weighted by molar-refractivity contribution is -0.146. The van der Waals surface area contributed by atoms with Crippen molar-refractivity contribution < 1.29 is 18.0 Å². The summed E-state index contributed by atoms with van der Waals surface area (Å²) in [5, 5.41) is 10.4. The molecule has 3 heterocycles. The van der Waals surface area contributed by atoms with Crippen LogP contribution in [0.4, 0.5) is 19.0 Å². The first-order valence-electron chi connectivity index (χ1n) is 6.23. The maximum atomic E-state index is 12.8. The van der Waals surface area contributed by atoms with Gasteiger partial charge in [0.05, 0.1) is 0 Å². The lowest BCUT2D eigenvalue weighted by Gasteiger charge is -2.22. The van der Waals surface area contributed by atoms with Gasteiger partial charge >= 0.3 is 6.18 Å². The van der Waals surface area contributed by atoms with Crippen LogP contribution in [0.15, 0.2) is 12.1 Å². The zero-order chi connectivity index (χ0) is 15.2. The zero-order valence-electron chi connectivity index (χ0n) is 10.7. The van der Waals surface area contributed by atoms with E-state index in [1.54, 1.807) is 4.90 Å². The molecule has 0 saturated carbocycles. The summed E-state index contributed by atoms with van der Waals surface area (Å²) in [6.07, 6.45) is -3.37. The van der Waals surface area contributed by atoms with Gasteiger partial charge in [0.1, 0.15) is 11.9 Å². The van der Waals surface area contributed by atoms with Crippen molar-refractivity contribution >= 4 is 17.4 Å². The number of carbonyl (C=O) groups excluding carboxylic acids is 1. The zero-order valence-corrected chi connectivity index (χ0v) is 10.7. The summed E-state index contributed by atoms with van der Waals surface area (Å²) < 4.78 is 39.1. The summed E-state index contributed by atoms with van der Waals surface area (Å²) in [7, 11) is 0. The average Bonchev–Trinajstić information content (AvgIpc) is 3.03. The number of nitrogens with two attached hydrogens (primary N) is 1. The van der Waals surface area contributed by atoms with Gasteiger partial charge in [-0.05, 0) is 25.0 Å². The number of rotatable bonds is 2. The van der Waals surface area contributed by atoms with Crippen LogP contribution in [0.2, 0.25) is 0 Å². The van der Waals surface area contributed by atoms with Gasteiger partial charge in [-0.15, -0.1) is 15.3 Å². The molecule has 0 aliphatic carbocycles. The fourth-order valence-corrected chi connectivity index (χ4v) is 2.45. The molecule has 1 fully saturated rings. The highest BCUT2D eigenvalue weighted by atomic mass is 19.4. The molecule has 2 N–H and O–H groups in total. The molecule has 21 heavy (non-hydrogen) atoms. The first-order chi connectivity index (χ1) is 9.88. The molecule has 1 atom stereocenters. The van der Waals surface area contributed by atoms with Crippen LogP contribution >= 0.6 is 0 Å². The molecule has 1 saturated heterocycles. The lowest BCUT2D eigenvalue weighted by Crippen LogP contribution is -2.41. The van der Waals surface area contributed by atoms with Gasteiger partial charge in [0.25, 0.3) is 5.82 Å². The molecule has 3 rings (SSSR count). The van der Waals surface area contributed by atoms with E-state index in [4.69, 9.17) is 5.73 Å². The van der Waals surface area contributed by atoms with Crippen molar-refractivity contribution in [1.82, 2.24) is 19.8 Å². The number of halogens is 3. The number of amides is 1. The molecule has 0 bridgehead atoms. The van der Waals surface area contributed by atoms with Gasteiger partial charge in [-0.3, -0.25) is 4.79 Å². The fourth-order valence-electron chi connectivity index (χ4n) is 2.45. The minimum Gasteiger partial charge on any atom is -0.368 e. The van der Waals surface area contributed by atoms with E-state index < -0.39 is 23.9 Å². The standard InChI is InChI=1S/C11H11F3N6O/c12-11(13,14)10-17-16-7-3-4-8(18-20(7)10)19-5-1-2-6(19)9(15)21/h3-4,6H,1-2,5H2,(H2,15,21). The predicted octanol–water partition coefficient (Wildman–Crippen LogP) is 0.597. The van der Waals surface area contributed by atoms with Crippen molar-refractivity contribution in [2.75, 3.05) is 11.4 Å². The van der Waals surface area contributed by atoms with Crippen LogP contribution in [-0.2, 0) is 11.0 Å². The quantitative estimate of drug-likeness (QED) is 0.877. The topological polar surface area (TPSA) is 89.4 Å². The molecule has 1 unspecified atom stereocenters. The Kier molecular flexibility index (Phi) is 2.96. The Morgan fingerprint density at radius 2 is 2.10 bits per heavy atom. The van der Waals surface area contributed by atoms with E-state index in [9.17, 15) is 18.0 Å². The molecule has 1 amide bonds. The van der Waals surface area contributed by atoms with Gasteiger partial charge in [-0.1, -0.05) is 0 Å². The third kappa shape index (κ3) is 2.26. The maximum absolute atomic E-state index is 12.8. The van der Waals surface area contributed by atoms with Crippen molar-refractivity contribution in [3.05, 3.63) is 18.0 Å². The number of hydrogen-bond acceptors (Lipinski definition) is 5. The monoisotopic (exact) mass is 300 g/mol. The molecule has 10 heteroatoms. The second kappa shape index (κ2) is 4.57. The van der Waals surface area contributed by atoms with Crippen LogP contribution in [0.5, 0.6) is 0 Å². The molecule has 2 aromatic heterocycles. The van der Waals surface area contributed by atoms with Gasteiger partial charge in [0.2, 0.25) is 5.91 Å². The smallest absolute Gasteiger partial charge is 0.368 e. The van der Waals surface area contributed by atoms with Gasteiger partial charge in [0.15, 0.2) is 5.65 Å². The molecular weight excluding hydrogens is 289 g/mol. The number of nitrogens with zero attached hydrogens (tertiary/aromatic N) is 5. The van der Waals surface area contributed by atoms with Crippen molar-refractivity contribution in [2.45, 2.75) is 25.1 Å². The molecule has 1 aliphatic heterocycles. The molecule has 0 aromatic carbocycles. The Hall–Kier alpha value is -2.39. The Morgan fingerprint density at radius 3 is 2.76 bits per heavy atom. The van der Waals surface area contributed by atoms with E-state index in [0.29, 0.717) is 17.5 Å². The summed E-state index contributed by atoms with van der Waals surface area (Å²) in [5.41, 5.74) is 5.28. The lowest BCUT2D eigenvalue weighted by atomic mass is 10.2. The summed E-state index contributed by atoms with van der Waals surface area (Å²) >= 11 is 0. The highest BCUT2D eigenvalue weighted by Crippen LogP contribution is 2.29. The largest absolute Gasteiger partial charge is 0.453 e. The van der Waals surface area contributed by atoms with Crippen LogP contribution in [0.3, 0.4) is 0 Å². The van der Waals surface area contributed by atoms with Crippen LogP contribution in [0.25, 0.3) is 5.65 Å². The van der Waals surface area contributed by atoms with Crippen molar-refractivity contribution in [1.29, 1.82) is 0 Å². The van der Waals surface area contributed by atoms with Crippen molar-refractivity contribution in [2.24, 2.45) is 5.73 Å². The van der Waals surface area contributed by atoms with E-state index >= 15 is 0 Å². The summed E-state index contributed by atoms with van der Waals surface area (Å²) in [5.74, 6) is -1.47. The van der Waals surface area contributed by atoms with E-state index in [-0.39, 0.29) is 11.5 Å². The molecule has 0 radical (unpaired) electrons. The van der Waals surface area contributed by atoms with Crippen LogP contribution in [0, 0.1) is 0 Å². The first kappa shape index (κ1) is 13.6. The molecule has 7 nitrogen and oxygen atoms in total. The molecule has 112 valence electrons. The molecule has 2 aromatic rings. The Labute approximate surface area is 116 Å². The molecule has 1 aliphatic rings. The van der Waals surface area contributed by atoms with Crippen molar-refractivity contribution in [3.63, 3.8) is 0 Å². The molecule has 0 spiro atoms. The second-order valence-corrected chi connectivity index (χ2v) is 4.74. The third-order valence-corrected chi connectivity index (χ3v) is 3.38. The Balaban J connectivity index is 2.06. The Bertz CT molecular complexity index is 697. The van der Waals surface area contributed by atoms with Gasteiger partial charge < -0.3 is 10.6 Å². The fraction of sp³-hybridized carbons (Fsp3) is 0.455. The van der Waals surface area contributed by atoms with Crippen LogP contribution in [-0.4, -0.2) is 38.3 Å². The van der Waals surface area contributed by atoms with Crippen LogP contribution in [0.1, 0.15) is 18.7 Å². The van der Waals surface area contributed by atoms with Gasteiger partial charge in [-0.25, -0.2) is 0 Å². The Morgan fingerprint density at radius 1 is 1.33 bits per heavy atom. The number of fused-ring (bicyclic) bond motifs is 1. The third-order valence-electron chi connectivity index (χ3n) is 3.38. The van der Waals surface area contributed by atoms with Gasteiger partial charge in [-0.2, -0.15) is 17.7 Å². The predicted molar refractivity (Wildman–Crippen MR) is 65.3 cm³/mol. The average molecular weight is 300 g/mol. The number of alkyl halides is 3. The van der Waals surface area contributed by atoms with E-state index in [1.807, 2.05) is 0 Å². The number of hydrogen-bond donors (Lipinski definition) is 1. The number of anilines is 1. The molecular formula is C11H11F3N6O. The van der Waals surface area contributed by atoms with E-state index in [2.05, 4.69) is 15.3 Å². The summed E-state index contributed by atoms with van der Waals surface area (Å²) in [6, 6.07) is 2.33. The normalized spacial score (nSPS) is 19.4. The number of aromatic nitrogens is 4. The van der Waals surface area contributed by atoms with Crippen LogP contribution < -0.4 is 10.6 Å². The summed E-state index contributed by atoms with van der Waals surface area (Å²) in [6.45, 7) is 0.510. The van der Waals surface area contributed by atoms with E-state index in [1.165, 1.54) is 12.1 Å². The van der Waals surface area contributed by atoms with Crippen molar-refractivity contribution in [3.8, 4) is 0 Å². The minimum atomic E-state index is -4.65. The minimum absolute atomic E-state index is 0.0131. The van der Waals surface area contributed by atoms with E-state index in [0.717, 1.165) is 6.42 Å². The summed E-state index contributed by atoms with van der Waals surface area (Å²) in [4.78, 5) is 13.0. The first-order valence-corrected chi connectivity index (χ1v) is 6.23. The number of carbonyl (C=O) groups is 1. The highest BCUT2D eigenvalue weighted by molar-refractivity contribution is 5.83. The number of primary amides is 1.